The maximum Gasteiger partial charge on any atom is 0.322 e. The molecule has 0 aliphatic carbocycles. The lowest BCUT2D eigenvalue weighted by Gasteiger charge is -2.17. The van der Waals surface area contributed by atoms with Gasteiger partial charge in [-0.3, -0.25) is 9.59 Å². The van der Waals surface area contributed by atoms with Gasteiger partial charge in [-0.2, -0.15) is 0 Å². The third kappa shape index (κ3) is 4.43. The quantitative estimate of drug-likeness (QED) is 0.639. The fraction of sp³-hybridized carbons (Fsp3) is 0.250. The molecule has 3 heterocycles. The van der Waals surface area contributed by atoms with Crippen molar-refractivity contribution in [1.82, 2.24) is 9.97 Å². The fourth-order valence-corrected chi connectivity index (χ4v) is 3.88. The Kier molecular flexibility index (Phi) is 5.29. The lowest BCUT2D eigenvalue weighted by Crippen LogP contribution is -2.28. The molecule has 33 heavy (non-hydrogen) atoms. The molecular formula is C24H22N4O5. The van der Waals surface area contributed by atoms with E-state index in [4.69, 9.17) is 14.2 Å². The van der Waals surface area contributed by atoms with Crippen LogP contribution in [0.4, 0.5) is 11.4 Å². The molecule has 5 rings (SSSR count). The van der Waals surface area contributed by atoms with Crippen LogP contribution in [0.3, 0.4) is 0 Å². The molecule has 2 aliphatic heterocycles. The number of aryl methyl sites for hydroxylation is 2. The molecule has 9 heteroatoms. The van der Waals surface area contributed by atoms with Crippen LogP contribution in [0.15, 0.2) is 48.5 Å². The molecule has 9 nitrogen and oxygen atoms in total. The molecule has 1 atom stereocenters. The number of hydrogen-bond acceptors (Lipinski definition) is 7. The smallest absolute Gasteiger partial charge is 0.322 e. The van der Waals surface area contributed by atoms with Gasteiger partial charge >= 0.3 is 6.01 Å². The minimum absolute atomic E-state index is 0.105. The van der Waals surface area contributed by atoms with E-state index in [1.807, 2.05) is 19.9 Å². The van der Waals surface area contributed by atoms with Gasteiger partial charge in [0.05, 0.1) is 5.92 Å². The third-order valence-electron chi connectivity index (χ3n) is 5.46. The average molecular weight is 446 g/mol. The summed E-state index contributed by atoms with van der Waals surface area (Å²) in [5, 5.41) is 2.88. The first-order valence-corrected chi connectivity index (χ1v) is 10.6. The first-order valence-electron chi connectivity index (χ1n) is 10.6. The molecule has 1 fully saturated rings. The van der Waals surface area contributed by atoms with Gasteiger partial charge in [0, 0.05) is 41.8 Å². The molecule has 0 saturated carbocycles. The van der Waals surface area contributed by atoms with Gasteiger partial charge in [-0.15, -0.1) is 0 Å². The number of carbonyl (C=O) groups is 2. The van der Waals surface area contributed by atoms with Gasteiger partial charge in [-0.05, 0) is 56.3 Å². The van der Waals surface area contributed by atoms with Crippen LogP contribution in [0, 0.1) is 19.8 Å². The van der Waals surface area contributed by atoms with Crippen LogP contribution < -0.4 is 24.4 Å². The van der Waals surface area contributed by atoms with Crippen molar-refractivity contribution in [2.45, 2.75) is 20.3 Å². The highest BCUT2D eigenvalue weighted by molar-refractivity contribution is 6.03. The van der Waals surface area contributed by atoms with E-state index < -0.39 is 5.92 Å². The SMILES string of the molecule is Cc1cc(C)nc(Oc2ccc(NC(=O)C3CC(=O)N(c4ccc5c(c4)OCO5)C3)cc2)n1. The van der Waals surface area contributed by atoms with E-state index >= 15 is 0 Å². The third-order valence-corrected chi connectivity index (χ3v) is 5.46. The maximum absolute atomic E-state index is 12.8. The van der Waals surface area contributed by atoms with Crippen LogP contribution in [0.1, 0.15) is 17.8 Å². The Bertz CT molecular complexity index is 1210. The highest BCUT2D eigenvalue weighted by Gasteiger charge is 2.35. The Morgan fingerprint density at radius 2 is 1.76 bits per heavy atom. The first-order chi connectivity index (χ1) is 15.9. The molecule has 1 unspecified atom stereocenters. The largest absolute Gasteiger partial charge is 0.454 e. The van der Waals surface area contributed by atoms with Crippen molar-refractivity contribution in [3.63, 3.8) is 0 Å². The van der Waals surface area contributed by atoms with Crippen LogP contribution in [-0.4, -0.2) is 35.1 Å². The standard InChI is InChI=1S/C24H22N4O5/c1-14-9-15(2)26-24(25-14)33-19-6-3-17(4-7-19)27-23(30)16-10-22(29)28(12-16)18-5-8-20-21(11-18)32-13-31-20/h3-9,11,16H,10,12-13H2,1-2H3,(H,27,30). The molecule has 2 aromatic carbocycles. The molecule has 2 amide bonds. The molecule has 168 valence electrons. The van der Waals surface area contributed by atoms with Crippen molar-refractivity contribution in [3.8, 4) is 23.3 Å². The lowest BCUT2D eigenvalue weighted by molar-refractivity contribution is -0.122. The number of nitrogens with one attached hydrogen (secondary N) is 1. The predicted molar refractivity (Wildman–Crippen MR) is 120 cm³/mol. The van der Waals surface area contributed by atoms with Crippen molar-refractivity contribution < 1.29 is 23.8 Å². The molecule has 3 aromatic rings. The van der Waals surface area contributed by atoms with Gasteiger partial charge < -0.3 is 24.4 Å². The molecule has 0 bridgehead atoms. The van der Waals surface area contributed by atoms with Crippen molar-refractivity contribution in [3.05, 3.63) is 59.9 Å². The summed E-state index contributed by atoms with van der Waals surface area (Å²) >= 11 is 0. The van der Waals surface area contributed by atoms with Gasteiger partial charge in [0.2, 0.25) is 18.6 Å². The number of nitrogens with zero attached hydrogens (tertiary/aromatic N) is 3. The van der Waals surface area contributed by atoms with Crippen LogP contribution in [0.5, 0.6) is 23.3 Å². The van der Waals surface area contributed by atoms with Gasteiger partial charge in [0.1, 0.15) is 5.75 Å². The van der Waals surface area contributed by atoms with Crippen LogP contribution in [0.25, 0.3) is 0 Å². The average Bonchev–Trinajstić information content (AvgIpc) is 3.40. The summed E-state index contributed by atoms with van der Waals surface area (Å²) < 4.78 is 16.4. The highest BCUT2D eigenvalue weighted by atomic mass is 16.7. The van der Waals surface area contributed by atoms with Gasteiger partial charge in [0.25, 0.3) is 0 Å². The zero-order valence-electron chi connectivity index (χ0n) is 18.2. The van der Waals surface area contributed by atoms with E-state index in [1.54, 1.807) is 47.4 Å². The van der Waals surface area contributed by atoms with Crippen LogP contribution in [-0.2, 0) is 9.59 Å². The monoisotopic (exact) mass is 446 g/mol. The maximum atomic E-state index is 12.8. The number of carbonyl (C=O) groups excluding carboxylic acids is 2. The minimum atomic E-state index is -0.456. The van der Waals surface area contributed by atoms with E-state index in [1.165, 1.54) is 0 Å². The van der Waals surface area contributed by atoms with Gasteiger partial charge in [-0.25, -0.2) is 9.97 Å². The normalized spacial score (nSPS) is 16.7. The summed E-state index contributed by atoms with van der Waals surface area (Å²) in [6.45, 7) is 4.22. The zero-order valence-corrected chi connectivity index (χ0v) is 18.2. The Morgan fingerprint density at radius 1 is 1.03 bits per heavy atom. The van der Waals surface area contributed by atoms with E-state index in [9.17, 15) is 9.59 Å². The highest BCUT2D eigenvalue weighted by Crippen LogP contribution is 2.37. The molecular weight excluding hydrogens is 424 g/mol. The second-order valence-electron chi connectivity index (χ2n) is 7.99. The number of ether oxygens (including phenoxy) is 3. The van der Waals surface area contributed by atoms with E-state index in [0.29, 0.717) is 35.2 Å². The van der Waals surface area contributed by atoms with E-state index in [2.05, 4.69) is 15.3 Å². The van der Waals surface area contributed by atoms with E-state index in [-0.39, 0.29) is 31.0 Å². The number of hydrogen-bond donors (Lipinski definition) is 1. The number of amides is 2. The number of anilines is 2. The minimum Gasteiger partial charge on any atom is -0.454 e. The van der Waals surface area contributed by atoms with Gasteiger partial charge in [-0.1, -0.05) is 0 Å². The van der Waals surface area contributed by atoms with Crippen LogP contribution >= 0.6 is 0 Å². The lowest BCUT2D eigenvalue weighted by atomic mass is 10.1. The summed E-state index contributed by atoms with van der Waals surface area (Å²) in [5.74, 6) is 1.03. The molecule has 0 spiro atoms. The summed E-state index contributed by atoms with van der Waals surface area (Å²) in [5.41, 5.74) is 2.95. The van der Waals surface area contributed by atoms with Gasteiger partial charge in [0.15, 0.2) is 11.5 Å². The van der Waals surface area contributed by atoms with Crippen molar-refractivity contribution in [2.24, 2.45) is 5.92 Å². The molecule has 2 aliphatic rings. The Morgan fingerprint density at radius 3 is 2.52 bits per heavy atom. The summed E-state index contributed by atoms with van der Waals surface area (Å²) in [6.07, 6.45) is 0.144. The molecule has 1 saturated heterocycles. The van der Waals surface area contributed by atoms with Crippen molar-refractivity contribution in [1.29, 1.82) is 0 Å². The topological polar surface area (TPSA) is 103 Å². The van der Waals surface area contributed by atoms with Crippen molar-refractivity contribution >= 4 is 23.2 Å². The summed E-state index contributed by atoms with van der Waals surface area (Å²) in [6, 6.07) is 14.4. The first kappa shape index (κ1) is 20.7. The van der Waals surface area contributed by atoms with E-state index in [0.717, 1.165) is 11.4 Å². The fourth-order valence-electron chi connectivity index (χ4n) is 3.88. The summed E-state index contributed by atoms with van der Waals surface area (Å²) in [4.78, 5) is 35.5. The Labute approximate surface area is 190 Å². The van der Waals surface area contributed by atoms with Crippen molar-refractivity contribution in [2.75, 3.05) is 23.6 Å². The second-order valence-corrected chi connectivity index (χ2v) is 7.99. The number of fused-ring (bicyclic) bond motifs is 1. The molecule has 0 radical (unpaired) electrons. The summed E-state index contributed by atoms with van der Waals surface area (Å²) in [7, 11) is 0. The molecule has 1 aromatic heterocycles. The predicted octanol–water partition coefficient (Wildman–Crippen LogP) is 3.61. The number of benzene rings is 2. The molecule has 1 N–H and O–H groups in total. The number of aromatic nitrogens is 2. The Balaban J connectivity index is 1.21. The Hall–Kier alpha value is -4.14. The van der Waals surface area contributed by atoms with Crippen LogP contribution in [0.2, 0.25) is 0 Å². The zero-order chi connectivity index (χ0) is 22.9. The second kappa shape index (κ2) is 8.42. The number of rotatable bonds is 5.